The first-order chi connectivity index (χ1) is 15.1. The van der Waals surface area contributed by atoms with E-state index in [0.717, 1.165) is 34.1 Å². The molecule has 6 heteroatoms. The summed E-state index contributed by atoms with van der Waals surface area (Å²) in [7, 11) is 0. The Bertz CT molecular complexity index is 1210. The molecule has 3 N–H and O–H groups in total. The van der Waals surface area contributed by atoms with Gasteiger partial charge >= 0.3 is 0 Å². The van der Waals surface area contributed by atoms with Crippen LogP contribution in [0.5, 0.6) is 5.75 Å². The molecule has 0 spiro atoms. The second-order valence-electron chi connectivity index (χ2n) is 7.16. The van der Waals surface area contributed by atoms with Crippen LogP contribution in [0.4, 0.5) is 0 Å². The average molecular weight is 412 g/mol. The highest BCUT2D eigenvalue weighted by Crippen LogP contribution is 2.22. The third-order valence-electron chi connectivity index (χ3n) is 4.87. The molecular formula is C25H24N4O2. The van der Waals surface area contributed by atoms with Gasteiger partial charge in [0.25, 0.3) is 5.91 Å². The summed E-state index contributed by atoms with van der Waals surface area (Å²) < 4.78 is 5.60. The standard InChI is InChI=1S/C25H24N4O2/c1-3-14-31-22-12-10-19(11-13-22)23-16-24(28-27-23)25(30)29-26-17(2)20-9-8-18-6-4-5-7-21(18)15-20/h4-13,15-16,26H,2-3,14H2,1H3,(H,27,28)(H,29,30). The van der Waals surface area contributed by atoms with Gasteiger partial charge in [-0.05, 0) is 59.2 Å². The number of fused-ring (bicyclic) bond motifs is 1. The van der Waals surface area contributed by atoms with Gasteiger partial charge in [-0.15, -0.1) is 0 Å². The van der Waals surface area contributed by atoms with Gasteiger partial charge in [-0.3, -0.25) is 20.7 Å². The quantitative estimate of drug-likeness (QED) is 0.359. The molecule has 0 saturated carbocycles. The Hall–Kier alpha value is -4.06. The molecule has 6 nitrogen and oxygen atoms in total. The van der Waals surface area contributed by atoms with Crippen molar-refractivity contribution >= 4 is 22.4 Å². The third kappa shape index (κ3) is 4.75. The van der Waals surface area contributed by atoms with Crippen LogP contribution >= 0.6 is 0 Å². The number of nitrogens with one attached hydrogen (secondary N) is 3. The third-order valence-corrected chi connectivity index (χ3v) is 4.87. The van der Waals surface area contributed by atoms with Crippen LogP contribution in [-0.4, -0.2) is 22.7 Å². The summed E-state index contributed by atoms with van der Waals surface area (Å²) in [6, 6.07) is 23.4. The van der Waals surface area contributed by atoms with Crippen LogP contribution in [0, 0.1) is 0 Å². The van der Waals surface area contributed by atoms with Crippen molar-refractivity contribution in [3.05, 3.63) is 90.6 Å². The first-order valence-electron chi connectivity index (χ1n) is 10.2. The maximum absolute atomic E-state index is 12.5. The normalized spacial score (nSPS) is 10.6. The Balaban J connectivity index is 1.37. The predicted molar refractivity (Wildman–Crippen MR) is 123 cm³/mol. The first-order valence-corrected chi connectivity index (χ1v) is 10.2. The molecule has 3 aromatic carbocycles. The van der Waals surface area contributed by atoms with E-state index in [-0.39, 0.29) is 5.91 Å². The van der Waals surface area contributed by atoms with Gasteiger partial charge in [0.1, 0.15) is 11.4 Å². The van der Waals surface area contributed by atoms with Crippen molar-refractivity contribution in [2.45, 2.75) is 13.3 Å². The molecule has 1 amide bonds. The molecule has 0 atom stereocenters. The smallest absolute Gasteiger partial charge is 0.287 e. The minimum absolute atomic E-state index is 0.330. The summed E-state index contributed by atoms with van der Waals surface area (Å²) in [6.45, 7) is 6.77. The fraction of sp³-hybridized carbons (Fsp3) is 0.120. The second-order valence-corrected chi connectivity index (χ2v) is 7.16. The van der Waals surface area contributed by atoms with Gasteiger partial charge < -0.3 is 4.74 Å². The zero-order valence-corrected chi connectivity index (χ0v) is 17.3. The van der Waals surface area contributed by atoms with Gasteiger partial charge in [0.05, 0.1) is 18.0 Å². The minimum Gasteiger partial charge on any atom is -0.494 e. The summed E-state index contributed by atoms with van der Waals surface area (Å²) in [5, 5.41) is 9.28. The number of rotatable bonds is 8. The maximum Gasteiger partial charge on any atom is 0.287 e. The van der Waals surface area contributed by atoms with E-state index >= 15 is 0 Å². The summed E-state index contributed by atoms with van der Waals surface area (Å²) in [6.07, 6.45) is 0.959. The molecule has 1 heterocycles. The molecular weight excluding hydrogens is 388 g/mol. The molecule has 0 aliphatic heterocycles. The number of aromatic amines is 1. The van der Waals surface area contributed by atoms with Crippen molar-refractivity contribution in [1.29, 1.82) is 0 Å². The molecule has 4 rings (SSSR count). The van der Waals surface area contributed by atoms with Crippen LogP contribution in [0.25, 0.3) is 27.7 Å². The van der Waals surface area contributed by atoms with E-state index in [1.807, 2.05) is 60.7 Å². The SMILES string of the molecule is C=C(NNC(=O)c1cc(-c2ccc(OCCC)cc2)n[nH]1)c1ccc2ccccc2c1. The van der Waals surface area contributed by atoms with E-state index in [1.165, 1.54) is 0 Å². The summed E-state index contributed by atoms with van der Waals surface area (Å²) in [5.41, 5.74) is 8.96. The molecule has 0 radical (unpaired) electrons. The van der Waals surface area contributed by atoms with Gasteiger partial charge in [0.2, 0.25) is 0 Å². The predicted octanol–water partition coefficient (Wildman–Crippen LogP) is 4.92. The Morgan fingerprint density at radius 1 is 1.00 bits per heavy atom. The molecule has 0 fully saturated rings. The van der Waals surface area contributed by atoms with Crippen LogP contribution in [0.15, 0.2) is 79.4 Å². The highest BCUT2D eigenvalue weighted by Gasteiger charge is 2.11. The number of amides is 1. The summed E-state index contributed by atoms with van der Waals surface area (Å²) >= 11 is 0. The van der Waals surface area contributed by atoms with Crippen LogP contribution in [0.3, 0.4) is 0 Å². The molecule has 0 saturated heterocycles. The number of hydrogen-bond acceptors (Lipinski definition) is 4. The number of hydrogen-bond donors (Lipinski definition) is 3. The number of aromatic nitrogens is 2. The molecule has 1 aromatic heterocycles. The van der Waals surface area contributed by atoms with Crippen molar-refractivity contribution < 1.29 is 9.53 Å². The number of H-pyrrole nitrogens is 1. The van der Waals surface area contributed by atoms with Crippen molar-refractivity contribution in [3.63, 3.8) is 0 Å². The first kappa shape index (κ1) is 20.2. The van der Waals surface area contributed by atoms with Crippen LogP contribution in [0.1, 0.15) is 29.4 Å². The fourth-order valence-electron chi connectivity index (χ4n) is 3.18. The lowest BCUT2D eigenvalue weighted by atomic mass is 10.1. The van der Waals surface area contributed by atoms with Crippen LogP contribution < -0.4 is 15.6 Å². The van der Waals surface area contributed by atoms with E-state index in [9.17, 15) is 4.79 Å². The van der Waals surface area contributed by atoms with Gasteiger partial charge in [-0.1, -0.05) is 49.9 Å². The molecule has 0 unspecified atom stereocenters. The zero-order chi connectivity index (χ0) is 21.6. The zero-order valence-electron chi connectivity index (χ0n) is 17.3. The Kier molecular flexibility index (Phi) is 5.98. The van der Waals surface area contributed by atoms with Gasteiger partial charge in [0, 0.05) is 5.56 Å². The maximum atomic E-state index is 12.5. The highest BCUT2D eigenvalue weighted by molar-refractivity contribution is 5.93. The van der Waals surface area contributed by atoms with Gasteiger partial charge in [-0.25, -0.2) is 0 Å². The molecule has 0 aliphatic rings. The highest BCUT2D eigenvalue weighted by atomic mass is 16.5. The summed E-state index contributed by atoms with van der Waals surface area (Å²) in [5.74, 6) is 0.485. The Labute approximate surface area is 180 Å². The molecule has 0 bridgehead atoms. The Morgan fingerprint density at radius 2 is 1.77 bits per heavy atom. The lowest BCUT2D eigenvalue weighted by Crippen LogP contribution is -2.36. The minimum atomic E-state index is -0.330. The second kappa shape index (κ2) is 9.17. The molecule has 156 valence electrons. The topological polar surface area (TPSA) is 79.0 Å². The number of hydrazine groups is 1. The number of benzene rings is 3. The fourth-order valence-corrected chi connectivity index (χ4v) is 3.18. The molecule has 4 aromatic rings. The van der Waals surface area contributed by atoms with Gasteiger partial charge in [0.15, 0.2) is 0 Å². The number of ether oxygens (including phenoxy) is 1. The largest absolute Gasteiger partial charge is 0.494 e. The van der Waals surface area contributed by atoms with Crippen molar-refractivity contribution in [2.75, 3.05) is 6.61 Å². The Morgan fingerprint density at radius 3 is 2.55 bits per heavy atom. The van der Waals surface area contributed by atoms with E-state index in [1.54, 1.807) is 6.07 Å². The molecule has 0 aliphatic carbocycles. The molecule has 31 heavy (non-hydrogen) atoms. The van der Waals surface area contributed by atoms with E-state index in [0.29, 0.717) is 23.7 Å². The van der Waals surface area contributed by atoms with Crippen molar-refractivity contribution in [3.8, 4) is 17.0 Å². The van der Waals surface area contributed by atoms with E-state index in [2.05, 4.69) is 40.6 Å². The van der Waals surface area contributed by atoms with Crippen LogP contribution in [-0.2, 0) is 0 Å². The number of carbonyl (C=O) groups is 1. The lowest BCUT2D eigenvalue weighted by Gasteiger charge is -2.11. The summed E-state index contributed by atoms with van der Waals surface area (Å²) in [4.78, 5) is 12.5. The monoisotopic (exact) mass is 412 g/mol. The number of nitrogens with zero attached hydrogens (tertiary/aromatic N) is 1. The van der Waals surface area contributed by atoms with Crippen molar-refractivity contribution in [1.82, 2.24) is 21.0 Å². The average Bonchev–Trinajstić information content (AvgIpc) is 3.31. The van der Waals surface area contributed by atoms with Crippen molar-refractivity contribution in [2.24, 2.45) is 0 Å². The lowest BCUT2D eigenvalue weighted by molar-refractivity contribution is 0.0937. The number of carbonyl (C=O) groups excluding carboxylic acids is 1. The van der Waals surface area contributed by atoms with Gasteiger partial charge in [-0.2, -0.15) is 5.10 Å². The van der Waals surface area contributed by atoms with E-state index in [4.69, 9.17) is 4.74 Å². The van der Waals surface area contributed by atoms with Crippen LogP contribution in [0.2, 0.25) is 0 Å². The van der Waals surface area contributed by atoms with E-state index < -0.39 is 0 Å².